The van der Waals surface area contributed by atoms with Crippen LogP contribution in [0.4, 0.5) is 8.78 Å². The van der Waals surface area contributed by atoms with E-state index in [1.165, 1.54) is 6.07 Å². The fraction of sp³-hybridized carbons (Fsp3) is 0.200. The van der Waals surface area contributed by atoms with Gasteiger partial charge in [0.1, 0.15) is 0 Å². The minimum Gasteiger partial charge on any atom is -0.330 e. The van der Waals surface area contributed by atoms with Gasteiger partial charge >= 0.3 is 0 Å². The molecule has 0 radical (unpaired) electrons. The van der Waals surface area contributed by atoms with Crippen LogP contribution in [0, 0.1) is 11.6 Å². The van der Waals surface area contributed by atoms with E-state index in [2.05, 4.69) is 0 Å². The quantitative estimate of drug-likeness (QED) is 0.904. The van der Waals surface area contributed by atoms with Crippen LogP contribution >= 0.6 is 11.6 Å². The Hall–Kier alpha value is -1.45. The summed E-state index contributed by atoms with van der Waals surface area (Å²) in [5.74, 6) is -1.79. The highest BCUT2D eigenvalue weighted by Crippen LogP contribution is 2.27. The van der Waals surface area contributed by atoms with E-state index in [4.69, 9.17) is 17.3 Å². The van der Waals surface area contributed by atoms with Crippen molar-refractivity contribution >= 4 is 11.6 Å². The Balaban J connectivity index is 2.30. The Kier molecular flexibility index (Phi) is 4.51. The number of halogens is 3. The highest BCUT2D eigenvalue weighted by atomic mass is 35.5. The minimum atomic E-state index is -0.840. The van der Waals surface area contributed by atoms with Crippen LogP contribution in [0.15, 0.2) is 42.5 Å². The maximum absolute atomic E-state index is 13.7. The monoisotopic (exact) mass is 281 g/mol. The maximum Gasteiger partial charge on any atom is 0.162 e. The standard InChI is InChI=1S/C15H14ClF2N/c16-13-6-2-1-5-12(13)11(9-19)8-10-4-3-7-14(17)15(10)18/h1-7,11H,8-9,19H2. The van der Waals surface area contributed by atoms with Gasteiger partial charge in [0.2, 0.25) is 0 Å². The topological polar surface area (TPSA) is 26.0 Å². The van der Waals surface area contributed by atoms with Gasteiger partial charge < -0.3 is 5.73 Å². The molecule has 0 aromatic heterocycles. The first-order chi connectivity index (χ1) is 9.13. The Morgan fingerprint density at radius 3 is 2.47 bits per heavy atom. The zero-order chi connectivity index (χ0) is 13.8. The summed E-state index contributed by atoms with van der Waals surface area (Å²) in [6.45, 7) is 0.319. The van der Waals surface area contributed by atoms with Crippen molar-refractivity contribution in [1.82, 2.24) is 0 Å². The number of hydrogen-bond donors (Lipinski definition) is 1. The second-order valence-electron chi connectivity index (χ2n) is 4.37. The zero-order valence-corrected chi connectivity index (χ0v) is 11.0. The summed E-state index contributed by atoms with van der Waals surface area (Å²) in [7, 11) is 0. The molecule has 19 heavy (non-hydrogen) atoms. The SMILES string of the molecule is NCC(Cc1cccc(F)c1F)c1ccccc1Cl. The molecule has 2 aromatic rings. The molecule has 0 aliphatic carbocycles. The van der Waals surface area contributed by atoms with Crippen LogP contribution in [0.5, 0.6) is 0 Å². The summed E-state index contributed by atoms with van der Waals surface area (Å²) >= 11 is 6.11. The van der Waals surface area contributed by atoms with Crippen molar-refractivity contribution in [2.45, 2.75) is 12.3 Å². The highest BCUT2D eigenvalue weighted by Gasteiger charge is 2.17. The fourth-order valence-electron chi connectivity index (χ4n) is 2.10. The van der Waals surface area contributed by atoms with Gasteiger partial charge in [-0.3, -0.25) is 0 Å². The molecule has 0 spiro atoms. The molecule has 0 saturated heterocycles. The van der Waals surface area contributed by atoms with Gasteiger partial charge in [-0.25, -0.2) is 8.78 Å². The average Bonchev–Trinajstić information content (AvgIpc) is 2.41. The molecule has 0 fully saturated rings. The van der Waals surface area contributed by atoms with Crippen LogP contribution in [-0.2, 0) is 6.42 Å². The maximum atomic E-state index is 13.7. The number of benzene rings is 2. The van der Waals surface area contributed by atoms with Crippen LogP contribution in [0.3, 0.4) is 0 Å². The summed E-state index contributed by atoms with van der Waals surface area (Å²) in [5, 5.41) is 0.592. The van der Waals surface area contributed by atoms with Gasteiger partial charge in [-0.05, 0) is 36.2 Å². The van der Waals surface area contributed by atoms with Crippen molar-refractivity contribution in [1.29, 1.82) is 0 Å². The van der Waals surface area contributed by atoms with E-state index in [1.807, 2.05) is 18.2 Å². The predicted molar refractivity (Wildman–Crippen MR) is 73.3 cm³/mol. The van der Waals surface area contributed by atoms with Gasteiger partial charge in [-0.15, -0.1) is 0 Å². The minimum absolute atomic E-state index is 0.134. The second-order valence-corrected chi connectivity index (χ2v) is 4.78. The number of hydrogen-bond acceptors (Lipinski definition) is 1. The van der Waals surface area contributed by atoms with E-state index >= 15 is 0 Å². The summed E-state index contributed by atoms with van der Waals surface area (Å²) in [6, 6.07) is 11.5. The lowest BCUT2D eigenvalue weighted by Gasteiger charge is -2.17. The van der Waals surface area contributed by atoms with Crippen molar-refractivity contribution < 1.29 is 8.78 Å². The van der Waals surface area contributed by atoms with Crippen molar-refractivity contribution in [3.05, 3.63) is 70.2 Å². The van der Waals surface area contributed by atoms with E-state index in [9.17, 15) is 8.78 Å². The molecular formula is C15H14ClF2N. The van der Waals surface area contributed by atoms with Crippen LogP contribution in [0.25, 0.3) is 0 Å². The lowest BCUT2D eigenvalue weighted by atomic mass is 9.92. The van der Waals surface area contributed by atoms with E-state index in [0.29, 0.717) is 23.6 Å². The Morgan fingerprint density at radius 1 is 1.05 bits per heavy atom. The van der Waals surface area contributed by atoms with Gasteiger partial charge in [0.25, 0.3) is 0 Å². The molecule has 1 atom stereocenters. The van der Waals surface area contributed by atoms with E-state index in [0.717, 1.165) is 11.6 Å². The molecular weight excluding hydrogens is 268 g/mol. The Labute approximate surface area is 116 Å². The molecule has 0 heterocycles. The summed E-state index contributed by atoms with van der Waals surface area (Å²) in [6.07, 6.45) is 0.323. The largest absolute Gasteiger partial charge is 0.330 e. The van der Waals surface area contributed by atoms with Gasteiger partial charge in [-0.1, -0.05) is 41.9 Å². The predicted octanol–water partition coefficient (Wildman–Crippen LogP) is 3.90. The third kappa shape index (κ3) is 3.11. The van der Waals surface area contributed by atoms with Crippen LogP contribution in [-0.4, -0.2) is 6.54 Å². The van der Waals surface area contributed by atoms with Crippen molar-refractivity contribution in [2.24, 2.45) is 5.73 Å². The van der Waals surface area contributed by atoms with E-state index in [1.54, 1.807) is 12.1 Å². The second kappa shape index (κ2) is 6.13. The first-order valence-corrected chi connectivity index (χ1v) is 6.38. The smallest absolute Gasteiger partial charge is 0.162 e. The molecule has 100 valence electrons. The first kappa shape index (κ1) is 14.0. The third-order valence-electron chi connectivity index (χ3n) is 3.13. The van der Waals surface area contributed by atoms with Crippen LogP contribution in [0.2, 0.25) is 5.02 Å². The van der Waals surface area contributed by atoms with Crippen molar-refractivity contribution in [2.75, 3.05) is 6.54 Å². The molecule has 0 bridgehead atoms. The van der Waals surface area contributed by atoms with Crippen molar-refractivity contribution in [3.63, 3.8) is 0 Å². The molecule has 2 aromatic carbocycles. The van der Waals surface area contributed by atoms with Crippen LogP contribution < -0.4 is 5.73 Å². The van der Waals surface area contributed by atoms with Gasteiger partial charge in [-0.2, -0.15) is 0 Å². The summed E-state index contributed by atoms with van der Waals surface area (Å²) < 4.78 is 26.8. The van der Waals surface area contributed by atoms with Crippen molar-refractivity contribution in [3.8, 4) is 0 Å². The Bertz CT molecular complexity index is 572. The lowest BCUT2D eigenvalue weighted by Crippen LogP contribution is -2.16. The van der Waals surface area contributed by atoms with Gasteiger partial charge in [0.05, 0.1) is 0 Å². The van der Waals surface area contributed by atoms with E-state index in [-0.39, 0.29) is 5.92 Å². The molecule has 0 amide bonds. The number of nitrogens with two attached hydrogens (primary N) is 1. The van der Waals surface area contributed by atoms with Gasteiger partial charge in [0.15, 0.2) is 11.6 Å². The molecule has 2 rings (SSSR count). The van der Waals surface area contributed by atoms with E-state index < -0.39 is 11.6 Å². The first-order valence-electron chi connectivity index (χ1n) is 6.01. The molecule has 0 aliphatic rings. The Morgan fingerprint density at radius 2 is 1.79 bits per heavy atom. The molecule has 4 heteroatoms. The number of rotatable bonds is 4. The summed E-state index contributed by atoms with van der Waals surface area (Å²) in [4.78, 5) is 0. The average molecular weight is 282 g/mol. The lowest BCUT2D eigenvalue weighted by molar-refractivity contribution is 0.493. The summed E-state index contributed by atoms with van der Waals surface area (Å²) in [5.41, 5.74) is 6.91. The molecule has 1 nitrogen and oxygen atoms in total. The molecule has 2 N–H and O–H groups in total. The van der Waals surface area contributed by atoms with Gasteiger partial charge in [0, 0.05) is 10.9 Å². The third-order valence-corrected chi connectivity index (χ3v) is 3.47. The molecule has 0 saturated carbocycles. The normalized spacial score (nSPS) is 12.4. The van der Waals surface area contributed by atoms with Crippen LogP contribution in [0.1, 0.15) is 17.0 Å². The fourth-order valence-corrected chi connectivity index (χ4v) is 2.39. The molecule has 0 aliphatic heterocycles. The zero-order valence-electron chi connectivity index (χ0n) is 10.2. The highest BCUT2D eigenvalue weighted by molar-refractivity contribution is 6.31. The molecule has 1 unspecified atom stereocenters.